The van der Waals surface area contributed by atoms with Crippen LogP contribution in [0.2, 0.25) is 0 Å². The number of carbonyl (C=O) groups excluding carboxylic acids is 1. The maximum atomic E-state index is 12.0. The van der Waals surface area contributed by atoms with Crippen molar-refractivity contribution in [1.82, 2.24) is 0 Å². The fourth-order valence-corrected chi connectivity index (χ4v) is 2.25. The number of carbonyl (C=O) groups is 1. The van der Waals surface area contributed by atoms with Gasteiger partial charge in [-0.15, -0.1) is 0 Å². The minimum absolute atomic E-state index is 0.138. The van der Waals surface area contributed by atoms with E-state index in [2.05, 4.69) is 5.32 Å². The number of para-hydroxylation sites is 2. The molecule has 5 heteroatoms. The number of hydrogen-bond donors (Lipinski definition) is 1. The van der Waals surface area contributed by atoms with E-state index in [9.17, 15) is 4.79 Å². The minimum Gasteiger partial charge on any atom is -0.489 e. The minimum atomic E-state index is -0.298. The second-order valence-corrected chi connectivity index (χ2v) is 4.87. The van der Waals surface area contributed by atoms with Gasteiger partial charge in [-0.05, 0) is 37.1 Å². The van der Waals surface area contributed by atoms with Gasteiger partial charge in [-0.25, -0.2) is 0 Å². The largest absolute Gasteiger partial charge is 0.489 e. The third-order valence-electron chi connectivity index (χ3n) is 3.33. The summed E-state index contributed by atoms with van der Waals surface area (Å²) in [5, 5.41) is 2.79. The van der Waals surface area contributed by atoms with Crippen molar-refractivity contribution in [3.05, 3.63) is 48.4 Å². The summed E-state index contributed by atoms with van der Waals surface area (Å²) in [6.45, 7) is 1.29. The standard InChI is InChI=1S/C16H17NO4/c18-16(15-8-4-10-20-15)17-13-6-1-2-7-14(13)21-11-12-5-3-9-19-12/h1-2,4,6-8,10,12H,3,5,9,11H2,(H,17,18)/t12-/m0/s1. The van der Waals surface area contributed by atoms with Crippen molar-refractivity contribution in [1.29, 1.82) is 0 Å². The number of furan rings is 1. The van der Waals surface area contributed by atoms with E-state index in [0.717, 1.165) is 19.4 Å². The van der Waals surface area contributed by atoms with E-state index in [-0.39, 0.29) is 17.8 Å². The highest BCUT2D eigenvalue weighted by molar-refractivity contribution is 6.03. The SMILES string of the molecule is O=C(Nc1ccccc1OC[C@@H]1CCCO1)c1ccco1. The average molecular weight is 287 g/mol. The lowest BCUT2D eigenvalue weighted by Crippen LogP contribution is -2.18. The van der Waals surface area contributed by atoms with Crippen molar-refractivity contribution in [2.45, 2.75) is 18.9 Å². The first-order valence-electron chi connectivity index (χ1n) is 7.01. The van der Waals surface area contributed by atoms with Crippen LogP contribution in [0.15, 0.2) is 47.1 Å². The predicted molar refractivity (Wildman–Crippen MR) is 77.6 cm³/mol. The van der Waals surface area contributed by atoms with Crippen molar-refractivity contribution in [2.75, 3.05) is 18.5 Å². The van der Waals surface area contributed by atoms with E-state index in [1.54, 1.807) is 18.2 Å². The number of nitrogens with one attached hydrogen (secondary N) is 1. The molecule has 110 valence electrons. The van der Waals surface area contributed by atoms with E-state index in [0.29, 0.717) is 18.0 Å². The van der Waals surface area contributed by atoms with Crippen molar-refractivity contribution in [3.8, 4) is 5.75 Å². The smallest absolute Gasteiger partial charge is 0.291 e. The molecule has 3 rings (SSSR count). The topological polar surface area (TPSA) is 60.7 Å². The molecule has 5 nitrogen and oxygen atoms in total. The van der Waals surface area contributed by atoms with Gasteiger partial charge in [-0.1, -0.05) is 12.1 Å². The summed E-state index contributed by atoms with van der Waals surface area (Å²) >= 11 is 0. The molecule has 1 aliphatic heterocycles. The Labute approximate surface area is 122 Å². The van der Waals surface area contributed by atoms with Crippen LogP contribution in [0.3, 0.4) is 0 Å². The Hall–Kier alpha value is -2.27. The van der Waals surface area contributed by atoms with E-state index in [1.165, 1.54) is 6.26 Å². The molecule has 0 bridgehead atoms. The van der Waals surface area contributed by atoms with E-state index >= 15 is 0 Å². The molecule has 2 aromatic rings. The Bertz CT molecular complexity index is 588. The molecular formula is C16H17NO4. The molecule has 0 radical (unpaired) electrons. The second-order valence-electron chi connectivity index (χ2n) is 4.87. The molecule has 0 unspecified atom stereocenters. The van der Waals surface area contributed by atoms with Gasteiger partial charge in [0.05, 0.1) is 18.1 Å². The average Bonchev–Trinajstić information content (AvgIpc) is 3.20. The van der Waals surface area contributed by atoms with Crippen LogP contribution < -0.4 is 10.1 Å². The molecule has 21 heavy (non-hydrogen) atoms. The van der Waals surface area contributed by atoms with Crippen LogP contribution >= 0.6 is 0 Å². The fourth-order valence-electron chi connectivity index (χ4n) is 2.25. The fraction of sp³-hybridized carbons (Fsp3) is 0.312. The third kappa shape index (κ3) is 3.44. The summed E-state index contributed by atoms with van der Waals surface area (Å²) in [7, 11) is 0. The summed E-state index contributed by atoms with van der Waals surface area (Å²) in [6, 6.07) is 10.6. The number of hydrogen-bond acceptors (Lipinski definition) is 4. The summed E-state index contributed by atoms with van der Waals surface area (Å²) in [5.74, 6) is 0.602. The van der Waals surface area contributed by atoms with Gasteiger partial charge in [0, 0.05) is 6.61 Å². The maximum Gasteiger partial charge on any atom is 0.291 e. The molecule has 0 saturated carbocycles. The summed E-state index contributed by atoms with van der Waals surface area (Å²) in [4.78, 5) is 12.0. The molecule has 1 atom stereocenters. The maximum absolute atomic E-state index is 12.0. The highest BCUT2D eigenvalue weighted by Gasteiger charge is 2.17. The van der Waals surface area contributed by atoms with Gasteiger partial charge in [-0.3, -0.25) is 4.79 Å². The number of benzene rings is 1. The molecule has 2 heterocycles. The zero-order valence-electron chi connectivity index (χ0n) is 11.6. The van der Waals surface area contributed by atoms with Crippen LogP contribution in [-0.2, 0) is 4.74 Å². The molecule has 1 saturated heterocycles. The number of rotatable bonds is 5. The van der Waals surface area contributed by atoms with E-state index in [1.807, 2.05) is 18.2 Å². The van der Waals surface area contributed by atoms with Crippen molar-refractivity contribution >= 4 is 11.6 Å². The second kappa shape index (κ2) is 6.45. The van der Waals surface area contributed by atoms with Crippen molar-refractivity contribution in [2.24, 2.45) is 0 Å². The third-order valence-corrected chi connectivity index (χ3v) is 3.33. The van der Waals surface area contributed by atoms with Crippen LogP contribution in [-0.4, -0.2) is 25.2 Å². The first-order chi connectivity index (χ1) is 10.3. The Kier molecular flexibility index (Phi) is 4.21. The molecule has 1 amide bonds. The number of amides is 1. The van der Waals surface area contributed by atoms with Gasteiger partial charge in [-0.2, -0.15) is 0 Å². The lowest BCUT2D eigenvalue weighted by Gasteiger charge is -2.14. The van der Waals surface area contributed by atoms with Crippen LogP contribution in [0.5, 0.6) is 5.75 Å². The number of anilines is 1. The van der Waals surface area contributed by atoms with Gasteiger partial charge < -0.3 is 19.2 Å². The summed E-state index contributed by atoms with van der Waals surface area (Å²) in [6.07, 6.45) is 3.69. The van der Waals surface area contributed by atoms with E-state index in [4.69, 9.17) is 13.9 Å². The number of ether oxygens (including phenoxy) is 2. The molecule has 1 fully saturated rings. The molecular weight excluding hydrogens is 270 g/mol. The zero-order valence-corrected chi connectivity index (χ0v) is 11.6. The van der Waals surface area contributed by atoms with Gasteiger partial charge in [0.25, 0.3) is 5.91 Å². The normalized spacial score (nSPS) is 17.6. The van der Waals surface area contributed by atoms with Gasteiger partial charge in [0.1, 0.15) is 12.4 Å². The quantitative estimate of drug-likeness (QED) is 0.918. The summed E-state index contributed by atoms with van der Waals surface area (Å²) in [5.41, 5.74) is 0.622. The first-order valence-corrected chi connectivity index (χ1v) is 7.01. The van der Waals surface area contributed by atoms with Crippen LogP contribution in [0.25, 0.3) is 0 Å². The molecule has 1 N–H and O–H groups in total. The van der Waals surface area contributed by atoms with Gasteiger partial charge in [0.2, 0.25) is 0 Å². The Morgan fingerprint density at radius 3 is 2.95 bits per heavy atom. The molecule has 1 aliphatic rings. The van der Waals surface area contributed by atoms with Crippen LogP contribution in [0.4, 0.5) is 5.69 Å². The zero-order chi connectivity index (χ0) is 14.5. The lowest BCUT2D eigenvalue weighted by molar-refractivity contribution is 0.0681. The molecule has 1 aromatic heterocycles. The predicted octanol–water partition coefficient (Wildman–Crippen LogP) is 3.09. The monoisotopic (exact) mass is 287 g/mol. The Morgan fingerprint density at radius 2 is 2.19 bits per heavy atom. The summed E-state index contributed by atoms with van der Waals surface area (Å²) < 4.78 is 16.4. The molecule has 0 aliphatic carbocycles. The van der Waals surface area contributed by atoms with Crippen LogP contribution in [0.1, 0.15) is 23.4 Å². The molecule has 0 spiro atoms. The van der Waals surface area contributed by atoms with Gasteiger partial charge >= 0.3 is 0 Å². The van der Waals surface area contributed by atoms with E-state index < -0.39 is 0 Å². The van der Waals surface area contributed by atoms with Crippen LogP contribution in [0, 0.1) is 0 Å². The van der Waals surface area contributed by atoms with Crippen molar-refractivity contribution < 1.29 is 18.7 Å². The first kappa shape index (κ1) is 13.7. The highest BCUT2D eigenvalue weighted by atomic mass is 16.5. The highest BCUT2D eigenvalue weighted by Crippen LogP contribution is 2.25. The Morgan fingerprint density at radius 1 is 1.29 bits per heavy atom. The van der Waals surface area contributed by atoms with Gasteiger partial charge in [0.15, 0.2) is 5.76 Å². The lowest BCUT2D eigenvalue weighted by atomic mass is 10.2. The molecule has 1 aromatic carbocycles. The Balaban J connectivity index is 1.65. The van der Waals surface area contributed by atoms with Crippen molar-refractivity contribution in [3.63, 3.8) is 0 Å².